The zero-order valence-corrected chi connectivity index (χ0v) is 16.2. The lowest BCUT2D eigenvalue weighted by Gasteiger charge is -2.19. The Hall–Kier alpha value is -2.34. The summed E-state index contributed by atoms with van der Waals surface area (Å²) in [5.74, 6) is -3.39. The number of rotatable bonds is 3. The van der Waals surface area contributed by atoms with Gasteiger partial charge < -0.3 is 5.32 Å². The van der Waals surface area contributed by atoms with Crippen LogP contribution in [0.15, 0.2) is 24.3 Å². The van der Waals surface area contributed by atoms with E-state index in [0.717, 1.165) is 12.5 Å². The highest BCUT2D eigenvalue weighted by atomic mass is 35.5. The Bertz CT molecular complexity index is 1010. The quantitative estimate of drug-likeness (QED) is 0.429. The monoisotopic (exact) mass is 393 g/mol. The van der Waals surface area contributed by atoms with Gasteiger partial charge >= 0.3 is 0 Å². The van der Waals surface area contributed by atoms with Gasteiger partial charge in [0.15, 0.2) is 17.5 Å². The van der Waals surface area contributed by atoms with Gasteiger partial charge in [-0.25, -0.2) is 23.1 Å². The summed E-state index contributed by atoms with van der Waals surface area (Å²) in [5.41, 5.74) is 0.956. The fraction of sp³-hybridized carbons (Fsp3) is 0.300. The first kappa shape index (κ1) is 19.4. The second-order valence-corrected chi connectivity index (χ2v) is 7.63. The summed E-state index contributed by atoms with van der Waals surface area (Å²) in [7, 11) is 0. The molecule has 3 rings (SSSR count). The highest BCUT2D eigenvalue weighted by molar-refractivity contribution is 6.16. The van der Waals surface area contributed by atoms with E-state index in [-0.39, 0.29) is 33.8 Å². The Morgan fingerprint density at radius 1 is 0.963 bits per heavy atom. The lowest BCUT2D eigenvalue weighted by atomic mass is 9.87. The Kier molecular flexibility index (Phi) is 5.04. The number of benzene rings is 2. The van der Waals surface area contributed by atoms with Gasteiger partial charge in [-0.3, -0.25) is 0 Å². The molecule has 0 radical (unpaired) electrons. The number of hydrogen-bond donors (Lipinski definition) is 1. The van der Waals surface area contributed by atoms with Gasteiger partial charge in [-0.1, -0.05) is 32.9 Å². The van der Waals surface area contributed by atoms with Gasteiger partial charge in [0.2, 0.25) is 0 Å². The van der Waals surface area contributed by atoms with Crippen LogP contribution in [0, 0.1) is 24.4 Å². The molecule has 0 saturated carbocycles. The molecule has 0 aliphatic rings. The van der Waals surface area contributed by atoms with Crippen molar-refractivity contribution in [1.82, 2.24) is 9.97 Å². The lowest BCUT2D eigenvalue weighted by molar-refractivity contribution is 0.496. The number of hydrogen-bond acceptors (Lipinski definition) is 3. The van der Waals surface area contributed by atoms with Gasteiger partial charge in [-0.15, -0.1) is 11.6 Å². The predicted molar refractivity (Wildman–Crippen MR) is 102 cm³/mol. The first-order valence-electron chi connectivity index (χ1n) is 8.40. The molecule has 0 unspecified atom stereocenters. The summed E-state index contributed by atoms with van der Waals surface area (Å²) in [6.07, 6.45) is 0. The average Bonchev–Trinajstić information content (AvgIpc) is 2.63. The summed E-state index contributed by atoms with van der Waals surface area (Å²) in [6.45, 7) is 7.42. The van der Waals surface area contributed by atoms with E-state index in [0.29, 0.717) is 5.69 Å². The molecular formula is C20H19ClF3N3. The second-order valence-electron chi connectivity index (χ2n) is 7.36. The van der Waals surface area contributed by atoms with Gasteiger partial charge in [-0.05, 0) is 30.0 Å². The molecule has 0 amide bonds. The molecule has 0 fully saturated rings. The van der Waals surface area contributed by atoms with Crippen LogP contribution in [0.2, 0.25) is 0 Å². The fourth-order valence-corrected chi connectivity index (χ4v) is 2.88. The predicted octanol–water partition coefficient (Wildman–Crippen LogP) is 6.14. The fourth-order valence-electron chi connectivity index (χ4n) is 2.76. The van der Waals surface area contributed by atoms with Crippen LogP contribution in [0.4, 0.5) is 24.7 Å². The Balaban J connectivity index is 2.16. The van der Waals surface area contributed by atoms with Crippen LogP contribution in [-0.2, 0) is 11.3 Å². The molecule has 0 bridgehead atoms. The van der Waals surface area contributed by atoms with Crippen molar-refractivity contribution in [3.8, 4) is 0 Å². The van der Waals surface area contributed by atoms with E-state index in [1.807, 2.05) is 12.1 Å². The SMILES string of the molecule is Cc1c(F)c(F)c2c(Nc3ccc(C(C)(C)C)cc3)nc(CCl)nc2c1F. The molecule has 3 nitrogen and oxygen atoms in total. The van der Waals surface area contributed by atoms with E-state index in [1.165, 1.54) is 0 Å². The van der Waals surface area contributed by atoms with Gasteiger partial charge in [-0.2, -0.15) is 0 Å². The third-order valence-corrected chi connectivity index (χ3v) is 4.61. The molecule has 7 heteroatoms. The van der Waals surface area contributed by atoms with Gasteiger partial charge in [0.1, 0.15) is 17.2 Å². The van der Waals surface area contributed by atoms with Crippen molar-refractivity contribution in [1.29, 1.82) is 0 Å². The minimum Gasteiger partial charge on any atom is -0.340 e. The summed E-state index contributed by atoms with van der Waals surface area (Å²) in [5, 5.41) is 2.59. The number of nitrogens with zero attached hydrogens (tertiary/aromatic N) is 2. The van der Waals surface area contributed by atoms with E-state index in [1.54, 1.807) is 12.1 Å². The van der Waals surface area contributed by atoms with Crippen LogP contribution >= 0.6 is 11.6 Å². The maximum absolute atomic E-state index is 14.6. The number of anilines is 2. The van der Waals surface area contributed by atoms with Crippen LogP contribution in [0.3, 0.4) is 0 Å². The minimum atomic E-state index is -1.26. The summed E-state index contributed by atoms with van der Waals surface area (Å²) in [4.78, 5) is 8.07. The third kappa shape index (κ3) is 3.58. The van der Waals surface area contributed by atoms with E-state index < -0.39 is 23.0 Å². The summed E-state index contributed by atoms with van der Waals surface area (Å²) >= 11 is 5.79. The zero-order chi connectivity index (χ0) is 19.9. The van der Waals surface area contributed by atoms with E-state index in [9.17, 15) is 13.2 Å². The lowest BCUT2D eigenvalue weighted by Crippen LogP contribution is -2.11. The molecule has 0 saturated heterocycles. The smallest absolute Gasteiger partial charge is 0.172 e. The maximum atomic E-state index is 14.6. The van der Waals surface area contributed by atoms with Crippen molar-refractivity contribution in [3.63, 3.8) is 0 Å². The largest absolute Gasteiger partial charge is 0.340 e. The van der Waals surface area contributed by atoms with Gasteiger partial charge in [0, 0.05) is 11.3 Å². The minimum absolute atomic E-state index is 0.0260. The van der Waals surface area contributed by atoms with Crippen LogP contribution in [0.5, 0.6) is 0 Å². The van der Waals surface area contributed by atoms with Crippen molar-refractivity contribution in [2.24, 2.45) is 0 Å². The molecule has 1 N–H and O–H groups in total. The highest BCUT2D eigenvalue weighted by Gasteiger charge is 2.23. The average molecular weight is 394 g/mol. The molecule has 0 aliphatic heterocycles. The zero-order valence-electron chi connectivity index (χ0n) is 15.4. The second kappa shape index (κ2) is 7.00. The van der Waals surface area contributed by atoms with Crippen molar-refractivity contribution in [2.75, 3.05) is 5.32 Å². The van der Waals surface area contributed by atoms with Crippen LogP contribution in [0.25, 0.3) is 10.9 Å². The number of aromatic nitrogens is 2. The number of fused-ring (bicyclic) bond motifs is 1. The molecule has 27 heavy (non-hydrogen) atoms. The molecule has 1 aromatic heterocycles. The Labute approximate surface area is 160 Å². The van der Waals surface area contributed by atoms with Crippen LogP contribution in [-0.4, -0.2) is 9.97 Å². The molecule has 2 aromatic carbocycles. The van der Waals surface area contributed by atoms with Crippen molar-refractivity contribution in [2.45, 2.75) is 39.0 Å². The molecule has 1 heterocycles. The van der Waals surface area contributed by atoms with E-state index in [4.69, 9.17) is 11.6 Å². The molecule has 0 aliphatic carbocycles. The number of nitrogens with one attached hydrogen (secondary N) is 1. The van der Waals surface area contributed by atoms with Gasteiger partial charge in [0.25, 0.3) is 0 Å². The molecule has 0 atom stereocenters. The molecule has 0 spiro atoms. The van der Waals surface area contributed by atoms with Crippen molar-refractivity contribution in [3.05, 3.63) is 58.7 Å². The molecule has 142 valence electrons. The number of halogens is 4. The van der Waals surface area contributed by atoms with Crippen LogP contribution in [0.1, 0.15) is 37.7 Å². The summed E-state index contributed by atoms with van der Waals surface area (Å²) < 4.78 is 43.1. The summed E-state index contributed by atoms with van der Waals surface area (Å²) in [6, 6.07) is 7.45. The normalized spacial score (nSPS) is 11.9. The topological polar surface area (TPSA) is 37.8 Å². The van der Waals surface area contributed by atoms with Crippen molar-refractivity contribution < 1.29 is 13.2 Å². The highest BCUT2D eigenvalue weighted by Crippen LogP contribution is 2.32. The Morgan fingerprint density at radius 3 is 2.15 bits per heavy atom. The first-order valence-corrected chi connectivity index (χ1v) is 8.94. The van der Waals surface area contributed by atoms with Crippen molar-refractivity contribution >= 4 is 34.0 Å². The first-order chi connectivity index (χ1) is 12.6. The standard InChI is InChI=1S/C20H19ClF3N3/c1-10-15(22)17(24)14-18(16(10)23)26-13(9-21)27-19(14)25-12-7-5-11(6-8-12)20(2,3)4/h5-8H,9H2,1-4H3,(H,25,26,27). The van der Waals surface area contributed by atoms with Crippen LogP contribution < -0.4 is 5.32 Å². The molecular weight excluding hydrogens is 375 g/mol. The van der Waals surface area contributed by atoms with E-state index in [2.05, 4.69) is 36.1 Å². The Morgan fingerprint density at radius 2 is 1.59 bits per heavy atom. The van der Waals surface area contributed by atoms with Gasteiger partial charge in [0.05, 0.1) is 11.3 Å². The maximum Gasteiger partial charge on any atom is 0.172 e. The molecule has 3 aromatic rings. The number of alkyl halides is 1. The van der Waals surface area contributed by atoms with E-state index >= 15 is 0 Å². The third-order valence-electron chi connectivity index (χ3n) is 4.37.